The number of carbonyl (C=O) groups excluding carboxylic acids is 2. The van der Waals surface area contributed by atoms with Crippen molar-refractivity contribution in [2.75, 3.05) is 46.9 Å². The van der Waals surface area contributed by atoms with Gasteiger partial charge in [0.2, 0.25) is 6.54 Å². The number of hydrogen-bond donors (Lipinski definition) is 1. The predicted molar refractivity (Wildman–Crippen MR) is 171 cm³/mol. The maximum atomic E-state index is 11.1. The van der Waals surface area contributed by atoms with E-state index in [1.165, 1.54) is 50.3 Å². The van der Waals surface area contributed by atoms with E-state index < -0.39 is 0 Å². The summed E-state index contributed by atoms with van der Waals surface area (Å²) < 4.78 is 9.17. The number of tetrazole rings is 1. The molecule has 1 aromatic heterocycles. The number of aromatic nitrogens is 4. The monoisotopic (exact) mass is 611 g/mol. The van der Waals surface area contributed by atoms with Crippen LogP contribution in [0.25, 0.3) is 17.0 Å². The first-order valence-corrected chi connectivity index (χ1v) is 15.3. The van der Waals surface area contributed by atoms with Crippen LogP contribution >= 0.6 is 0 Å². The summed E-state index contributed by atoms with van der Waals surface area (Å²) in [7, 11) is 2.74. The zero-order valence-electron chi connectivity index (χ0n) is 26.0. The van der Waals surface area contributed by atoms with Crippen LogP contribution < -0.4 is 0 Å². The van der Waals surface area contributed by atoms with Gasteiger partial charge in [0.1, 0.15) is 0 Å². The number of carbonyl (C=O) groups is 2. The van der Waals surface area contributed by atoms with Gasteiger partial charge >= 0.3 is 11.9 Å². The average Bonchev–Trinajstić information content (AvgIpc) is 3.88. The maximum absolute atomic E-state index is 11.1. The fourth-order valence-electron chi connectivity index (χ4n) is 5.78. The number of ether oxygens (including phenoxy) is 2. The molecule has 11 nitrogen and oxygen atoms in total. The fourth-order valence-corrected chi connectivity index (χ4v) is 5.78. The molecule has 0 bridgehead atoms. The second-order valence-electron chi connectivity index (χ2n) is 10.9. The van der Waals surface area contributed by atoms with E-state index >= 15 is 0 Å². The van der Waals surface area contributed by atoms with Crippen molar-refractivity contribution in [1.29, 1.82) is 0 Å². The third kappa shape index (κ3) is 10.2. The van der Waals surface area contributed by atoms with E-state index in [2.05, 4.69) is 69.0 Å². The highest BCUT2D eigenvalue weighted by Gasteiger charge is 2.27. The van der Waals surface area contributed by atoms with Gasteiger partial charge in [-0.3, -0.25) is 9.80 Å². The lowest BCUT2D eigenvalue weighted by Crippen LogP contribution is -2.26. The number of nitrogens with one attached hydrogen (secondary N) is 1. The fraction of sp³-hybridized carbons (Fsp3) is 0.412. The van der Waals surface area contributed by atoms with Crippen molar-refractivity contribution in [2.24, 2.45) is 0 Å². The van der Waals surface area contributed by atoms with Crippen LogP contribution in [0.15, 0.2) is 60.7 Å². The molecule has 2 fully saturated rings. The molecule has 236 valence electrons. The van der Waals surface area contributed by atoms with Crippen LogP contribution in [0.3, 0.4) is 0 Å². The molecule has 0 saturated carbocycles. The SMILES string of the molecule is COC(=O)/C=C/c1ccc(C2CCCN2CCc2nn[nH]n2)cc1.[C-]#[N+]CCN1CCCC1c1ccc(/C=C/C(=O)OC)cc1. The molecular formula is C34H41N7O4. The molecule has 3 heterocycles. The highest BCUT2D eigenvalue weighted by molar-refractivity contribution is 5.87. The van der Waals surface area contributed by atoms with Crippen LogP contribution in [0.5, 0.6) is 0 Å². The van der Waals surface area contributed by atoms with Gasteiger partial charge in [-0.1, -0.05) is 53.7 Å². The second-order valence-corrected chi connectivity index (χ2v) is 10.9. The highest BCUT2D eigenvalue weighted by atomic mass is 16.5. The van der Waals surface area contributed by atoms with Gasteiger partial charge in [0, 0.05) is 37.2 Å². The van der Waals surface area contributed by atoms with Gasteiger partial charge in [0.25, 0.3) is 0 Å². The third-order valence-electron chi connectivity index (χ3n) is 8.11. The minimum absolute atomic E-state index is 0.345. The Labute approximate surface area is 264 Å². The molecule has 0 aliphatic carbocycles. The minimum atomic E-state index is -0.347. The number of esters is 2. The van der Waals surface area contributed by atoms with E-state index in [0.717, 1.165) is 62.4 Å². The Balaban J connectivity index is 0.000000207. The molecular weight excluding hydrogens is 570 g/mol. The van der Waals surface area contributed by atoms with Crippen molar-refractivity contribution in [3.8, 4) is 0 Å². The Kier molecular flexibility index (Phi) is 13.0. The number of benzene rings is 2. The largest absolute Gasteiger partial charge is 0.466 e. The van der Waals surface area contributed by atoms with E-state index in [0.29, 0.717) is 18.6 Å². The first-order valence-electron chi connectivity index (χ1n) is 15.3. The molecule has 11 heteroatoms. The molecule has 0 radical (unpaired) electrons. The molecule has 1 N–H and O–H groups in total. The smallest absolute Gasteiger partial charge is 0.330 e. The number of H-pyrrole nitrogens is 1. The van der Waals surface area contributed by atoms with Gasteiger partial charge in [0.05, 0.1) is 20.8 Å². The van der Waals surface area contributed by atoms with Crippen molar-refractivity contribution >= 4 is 24.1 Å². The van der Waals surface area contributed by atoms with Gasteiger partial charge in [-0.25, -0.2) is 16.2 Å². The van der Waals surface area contributed by atoms with E-state index in [9.17, 15) is 9.59 Å². The molecule has 3 aromatic rings. The van der Waals surface area contributed by atoms with Gasteiger partial charge in [-0.15, -0.1) is 10.2 Å². The number of likely N-dealkylation sites (tertiary alicyclic amines) is 2. The quantitative estimate of drug-likeness (QED) is 0.187. The van der Waals surface area contributed by atoms with E-state index in [1.54, 1.807) is 12.2 Å². The first-order chi connectivity index (χ1) is 22.0. The van der Waals surface area contributed by atoms with E-state index in [4.69, 9.17) is 6.57 Å². The van der Waals surface area contributed by atoms with Crippen LogP contribution in [0.1, 0.15) is 65.8 Å². The maximum Gasteiger partial charge on any atom is 0.330 e. The zero-order valence-corrected chi connectivity index (χ0v) is 26.0. The first kappa shape index (κ1) is 33.2. The molecule has 0 spiro atoms. The Morgan fingerprint density at radius 3 is 1.82 bits per heavy atom. The Morgan fingerprint density at radius 1 is 0.867 bits per heavy atom. The molecule has 2 unspecified atom stereocenters. The molecule has 2 aromatic carbocycles. The van der Waals surface area contributed by atoms with Crippen molar-refractivity contribution in [1.82, 2.24) is 30.4 Å². The summed E-state index contributed by atoms with van der Waals surface area (Å²) in [6, 6.07) is 17.4. The molecule has 5 rings (SSSR count). The van der Waals surface area contributed by atoms with Crippen molar-refractivity contribution in [3.05, 3.63) is 100 Å². The lowest BCUT2D eigenvalue weighted by Gasteiger charge is -2.24. The lowest BCUT2D eigenvalue weighted by molar-refractivity contribution is -0.135. The number of hydrogen-bond acceptors (Lipinski definition) is 9. The van der Waals surface area contributed by atoms with Crippen molar-refractivity contribution < 1.29 is 19.1 Å². The Bertz CT molecular complexity index is 1450. The van der Waals surface area contributed by atoms with E-state index in [-0.39, 0.29) is 11.9 Å². The summed E-state index contributed by atoms with van der Waals surface area (Å²) in [5.74, 6) is 0.0617. The average molecular weight is 612 g/mol. The van der Waals surface area contributed by atoms with Crippen molar-refractivity contribution in [2.45, 2.75) is 44.2 Å². The Morgan fingerprint density at radius 2 is 1.38 bits per heavy atom. The standard InChI is InChI=1S/C17H21N5O2.C17H20N2O2/c1-24-17(23)9-6-13-4-7-14(8-5-13)15-3-2-11-22(15)12-10-16-18-20-21-19-16;1-18-11-13-19-12-3-4-16(19)15-8-5-14(6-9-15)7-10-17(20)21-2/h4-9,15H,2-3,10-12H2,1H3,(H,18,19,20,21);5-10,16H,3-4,11-13H2,2H3/b9-6+;10-7+. The lowest BCUT2D eigenvalue weighted by atomic mass is 10.0. The van der Waals surface area contributed by atoms with Crippen LogP contribution in [0, 0.1) is 6.57 Å². The van der Waals surface area contributed by atoms with Crippen LogP contribution in [-0.2, 0) is 25.5 Å². The minimum Gasteiger partial charge on any atom is -0.466 e. The van der Waals surface area contributed by atoms with Gasteiger partial charge in [-0.05, 0) is 73.2 Å². The zero-order chi connectivity index (χ0) is 31.9. The third-order valence-corrected chi connectivity index (χ3v) is 8.11. The molecule has 0 amide bonds. The number of rotatable bonds is 11. The Hall–Kier alpha value is -4.66. The van der Waals surface area contributed by atoms with Gasteiger partial charge in [-0.2, -0.15) is 5.21 Å². The topological polar surface area (TPSA) is 118 Å². The van der Waals surface area contributed by atoms with Gasteiger partial charge in [0.15, 0.2) is 5.82 Å². The summed E-state index contributed by atoms with van der Waals surface area (Å²) in [5.41, 5.74) is 4.55. The van der Waals surface area contributed by atoms with Gasteiger partial charge < -0.3 is 14.3 Å². The van der Waals surface area contributed by atoms with Crippen molar-refractivity contribution in [3.63, 3.8) is 0 Å². The summed E-state index contributed by atoms with van der Waals surface area (Å²) in [6.07, 6.45) is 11.9. The number of methoxy groups -OCH3 is 2. The highest BCUT2D eigenvalue weighted by Crippen LogP contribution is 2.33. The summed E-state index contributed by atoms with van der Waals surface area (Å²) in [6.45, 7) is 11.4. The molecule has 45 heavy (non-hydrogen) atoms. The van der Waals surface area contributed by atoms with Crippen LogP contribution in [0.2, 0.25) is 0 Å². The number of aromatic amines is 1. The van der Waals surface area contributed by atoms with Crippen LogP contribution in [-0.4, -0.2) is 89.3 Å². The normalized spacial score (nSPS) is 18.5. The van der Waals surface area contributed by atoms with Crippen LogP contribution in [0.4, 0.5) is 0 Å². The number of nitrogens with zero attached hydrogens (tertiary/aromatic N) is 6. The molecule has 2 aliphatic heterocycles. The second kappa shape index (κ2) is 17.6. The molecule has 2 atom stereocenters. The molecule has 2 saturated heterocycles. The molecule has 2 aliphatic rings. The summed E-state index contributed by atoms with van der Waals surface area (Å²) in [5, 5.41) is 14.1. The van der Waals surface area contributed by atoms with E-state index in [1.807, 2.05) is 24.3 Å². The summed E-state index contributed by atoms with van der Waals surface area (Å²) >= 11 is 0. The summed E-state index contributed by atoms with van der Waals surface area (Å²) in [4.78, 5) is 30.5. The predicted octanol–water partition coefficient (Wildman–Crippen LogP) is 4.69.